The lowest BCUT2D eigenvalue weighted by molar-refractivity contribution is 0.0958. The lowest BCUT2D eigenvalue weighted by Gasteiger charge is -2.14. The molecule has 0 radical (unpaired) electrons. The number of aryl methyl sites for hydroxylation is 1. The molecule has 0 fully saturated rings. The van der Waals surface area contributed by atoms with Crippen LogP contribution in [0.5, 0.6) is 5.75 Å². The maximum Gasteiger partial charge on any atom is 0.412 e. The maximum atomic E-state index is 12.5. The Hall–Kier alpha value is -4.29. The molecule has 0 aromatic carbocycles. The molecular weight excluding hydrogens is 396 g/mol. The normalized spacial score (nSPS) is 12.2. The molecule has 0 aliphatic heterocycles. The minimum absolute atomic E-state index is 0.0367. The first-order valence-electron chi connectivity index (χ1n) is 9.77. The van der Waals surface area contributed by atoms with Gasteiger partial charge in [-0.05, 0) is 6.07 Å². The molecule has 0 saturated heterocycles. The predicted octanol–water partition coefficient (Wildman–Crippen LogP) is 1.52. The van der Waals surface area contributed by atoms with Crippen molar-refractivity contribution in [3.8, 4) is 17.1 Å². The van der Waals surface area contributed by atoms with Gasteiger partial charge in [-0.3, -0.25) is 10.1 Å². The molecule has 0 aliphatic carbocycles. The van der Waals surface area contributed by atoms with E-state index >= 15 is 0 Å². The Morgan fingerprint density at radius 1 is 1.27 bits per heavy atom. The smallest absolute Gasteiger partial charge is 0.412 e. The lowest BCUT2D eigenvalue weighted by atomic mass is 10.2. The molecule has 3 heterocycles. The first-order chi connectivity index (χ1) is 15.6. The maximum absolute atomic E-state index is 12.5. The van der Waals surface area contributed by atoms with Gasteiger partial charge in [0.2, 0.25) is 11.7 Å². The fraction of sp³-hybridized carbons (Fsp3) is 0.235. The van der Waals surface area contributed by atoms with Crippen molar-refractivity contribution in [2.45, 2.75) is 6.92 Å². The third-order valence-corrected chi connectivity index (χ3v) is 3.67. The van der Waals surface area contributed by atoms with E-state index in [2.05, 4.69) is 40.7 Å². The average molecular weight is 417 g/mol. The topological polar surface area (TPSA) is 166 Å². The van der Waals surface area contributed by atoms with Gasteiger partial charge in [0, 0.05) is 30.3 Å². The third kappa shape index (κ3) is 4.24. The summed E-state index contributed by atoms with van der Waals surface area (Å²) in [7, 11) is 2.54. The molecule has 13 nitrogen and oxygen atoms in total. The molecule has 156 valence electrons. The van der Waals surface area contributed by atoms with Crippen molar-refractivity contribution in [3.63, 3.8) is 0 Å². The number of carbonyl (C=O) groups excluding carboxylic acids is 2. The van der Waals surface area contributed by atoms with Gasteiger partial charge in [-0.25, -0.2) is 9.78 Å². The van der Waals surface area contributed by atoms with Gasteiger partial charge in [0.15, 0.2) is 23.1 Å². The molecule has 0 saturated carbocycles. The molecule has 13 heteroatoms. The van der Waals surface area contributed by atoms with Crippen molar-refractivity contribution < 1.29 is 27.7 Å². The molecular formula is C17H18N8O5. The first kappa shape index (κ1) is 16.6. The number of nitrogens with zero attached hydrogens (tertiary/aromatic N) is 5. The number of methoxy groups -OCH3 is 2. The van der Waals surface area contributed by atoms with Gasteiger partial charge in [-0.2, -0.15) is 4.98 Å². The van der Waals surface area contributed by atoms with Crippen LogP contribution in [0.15, 0.2) is 22.9 Å². The van der Waals surface area contributed by atoms with Gasteiger partial charge in [0.1, 0.15) is 0 Å². The zero-order valence-corrected chi connectivity index (χ0v) is 16.0. The van der Waals surface area contributed by atoms with Gasteiger partial charge < -0.3 is 24.6 Å². The Bertz CT molecular complexity index is 1180. The SMILES string of the molecule is [2H]C([2H])([2H])NC(=O)c1nnc(NC(=O)OC)cc1Nc1nccc(-c2noc(C)n2)c1OC. The second-order valence-electron chi connectivity index (χ2n) is 5.56. The van der Waals surface area contributed by atoms with E-state index in [0.29, 0.717) is 11.5 Å². The average Bonchev–Trinajstić information content (AvgIpc) is 3.18. The van der Waals surface area contributed by atoms with E-state index in [1.54, 1.807) is 13.0 Å². The quantitative estimate of drug-likeness (QED) is 0.532. The molecule has 30 heavy (non-hydrogen) atoms. The second kappa shape index (κ2) is 8.81. The molecule has 0 unspecified atom stereocenters. The largest absolute Gasteiger partial charge is 0.492 e. The van der Waals surface area contributed by atoms with Crippen LogP contribution in [-0.2, 0) is 4.74 Å². The van der Waals surface area contributed by atoms with Crippen LogP contribution in [0.1, 0.15) is 20.5 Å². The first-order valence-corrected chi connectivity index (χ1v) is 8.27. The van der Waals surface area contributed by atoms with Crippen LogP contribution in [0.3, 0.4) is 0 Å². The number of anilines is 3. The fourth-order valence-corrected chi connectivity index (χ4v) is 2.39. The second-order valence-corrected chi connectivity index (χ2v) is 5.56. The van der Waals surface area contributed by atoms with Gasteiger partial charge in [-0.1, -0.05) is 5.16 Å². The number of pyridine rings is 1. The Kier molecular flexibility index (Phi) is 4.89. The van der Waals surface area contributed by atoms with Crippen molar-refractivity contribution in [2.24, 2.45) is 0 Å². The monoisotopic (exact) mass is 417 g/mol. The summed E-state index contributed by atoms with van der Waals surface area (Å²) in [6.45, 7) is -1.15. The fourth-order valence-electron chi connectivity index (χ4n) is 2.39. The third-order valence-electron chi connectivity index (χ3n) is 3.67. The van der Waals surface area contributed by atoms with E-state index in [-0.39, 0.29) is 34.6 Å². The minimum atomic E-state index is -2.77. The van der Waals surface area contributed by atoms with Crippen LogP contribution in [-0.4, -0.2) is 58.5 Å². The summed E-state index contributed by atoms with van der Waals surface area (Å²) in [4.78, 5) is 32.4. The minimum Gasteiger partial charge on any atom is -0.492 e. The number of hydrogen-bond donors (Lipinski definition) is 3. The Morgan fingerprint density at radius 2 is 2.10 bits per heavy atom. The van der Waals surface area contributed by atoms with Crippen LogP contribution in [0.4, 0.5) is 22.1 Å². The Balaban J connectivity index is 2.06. The summed E-state index contributed by atoms with van der Waals surface area (Å²) in [5, 5.41) is 18.3. The van der Waals surface area contributed by atoms with Crippen LogP contribution in [0.2, 0.25) is 0 Å². The summed E-state index contributed by atoms with van der Waals surface area (Å²) in [6.07, 6.45) is 0.594. The molecule has 0 spiro atoms. The van der Waals surface area contributed by atoms with Crippen LogP contribution in [0, 0.1) is 6.92 Å². The summed E-state index contributed by atoms with van der Waals surface area (Å²) in [6, 6.07) is 2.83. The highest BCUT2D eigenvalue weighted by atomic mass is 16.5. The van der Waals surface area contributed by atoms with E-state index < -0.39 is 19.0 Å². The summed E-state index contributed by atoms with van der Waals surface area (Å²) in [5.74, 6) is -0.260. The van der Waals surface area contributed by atoms with Crippen LogP contribution in [0.25, 0.3) is 11.4 Å². The number of carbonyl (C=O) groups is 2. The number of aromatic nitrogens is 5. The van der Waals surface area contributed by atoms with Gasteiger partial charge >= 0.3 is 6.09 Å². The molecule has 3 aromatic rings. The van der Waals surface area contributed by atoms with Crippen LogP contribution < -0.4 is 20.7 Å². The Labute approximate surface area is 174 Å². The number of amides is 2. The van der Waals surface area contributed by atoms with Gasteiger partial charge in [0.05, 0.1) is 25.5 Å². The van der Waals surface area contributed by atoms with Crippen molar-refractivity contribution in [3.05, 3.63) is 29.9 Å². The highest BCUT2D eigenvalue weighted by molar-refractivity contribution is 5.99. The van der Waals surface area contributed by atoms with Crippen molar-refractivity contribution in [2.75, 3.05) is 31.8 Å². The predicted molar refractivity (Wildman–Crippen MR) is 104 cm³/mol. The summed E-state index contributed by atoms with van der Waals surface area (Å²) >= 11 is 0. The molecule has 0 aliphatic rings. The van der Waals surface area contributed by atoms with E-state index in [9.17, 15) is 9.59 Å². The molecule has 2 amide bonds. The zero-order chi connectivity index (χ0) is 24.2. The number of hydrogen-bond acceptors (Lipinski definition) is 11. The molecule has 0 bridgehead atoms. The Morgan fingerprint density at radius 3 is 2.77 bits per heavy atom. The number of nitrogens with one attached hydrogen (secondary N) is 3. The van der Waals surface area contributed by atoms with Crippen LogP contribution >= 0.6 is 0 Å². The standard InChI is InChI=1S/C17H18N8O5/c1-8-20-14(25-30-8)9-5-6-19-15(13(9)28-3)21-10-7-11(22-17(27)29-4)23-24-12(10)16(26)18-2/h5-7H,1-4H3,(H,18,26)(H2,19,21,22,23,27)/i2D3. The van der Waals surface area contributed by atoms with Crippen molar-refractivity contribution in [1.82, 2.24) is 30.6 Å². The van der Waals surface area contributed by atoms with E-state index in [1.807, 2.05) is 5.32 Å². The van der Waals surface area contributed by atoms with E-state index in [1.165, 1.54) is 19.4 Å². The lowest BCUT2D eigenvalue weighted by Crippen LogP contribution is -2.22. The molecule has 3 rings (SSSR count). The highest BCUT2D eigenvalue weighted by Crippen LogP contribution is 2.35. The van der Waals surface area contributed by atoms with Crippen molar-refractivity contribution in [1.29, 1.82) is 0 Å². The number of ether oxygens (including phenoxy) is 2. The molecule has 0 atom stereocenters. The van der Waals surface area contributed by atoms with Gasteiger partial charge in [-0.15, -0.1) is 10.2 Å². The number of rotatable bonds is 6. The molecule has 3 N–H and O–H groups in total. The van der Waals surface area contributed by atoms with Gasteiger partial charge in [0.25, 0.3) is 5.91 Å². The van der Waals surface area contributed by atoms with E-state index in [0.717, 1.165) is 7.11 Å². The summed E-state index contributed by atoms with van der Waals surface area (Å²) in [5.41, 5.74) is 0.00636. The summed E-state index contributed by atoms with van der Waals surface area (Å²) < 4.78 is 36.7. The van der Waals surface area contributed by atoms with Crippen molar-refractivity contribution >= 4 is 29.3 Å². The highest BCUT2D eigenvalue weighted by Gasteiger charge is 2.20. The molecule has 3 aromatic heterocycles. The zero-order valence-electron chi connectivity index (χ0n) is 19.0. The van der Waals surface area contributed by atoms with E-state index in [4.69, 9.17) is 13.4 Å².